The molecule has 0 spiro atoms. The zero-order valence-corrected chi connectivity index (χ0v) is 16.6. The highest BCUT2D eigenvalue weighted by Crippen LogP contribution is 2.21. The molecule has 144 valence electrons. The number of carbonyl (C=O) groups is 1. The maximum Gasteiger partial charge on any atom is 0.196 e. The highest BCUT2D eigenvalue weighted by atomic mass is 16.5. The standard InChI is InChI=1S/C24H26N2O2/c1-17(2)15-26-24-22(8-5-13-25-24)23(27)20-6-4-7-21(14-20)28-16-19-11-9-18(3)10-12-19/h4-14,17H,15-16H2,1-3H3,(H,25,26). The molecule has 0 radical (unpaired) electrons. The van der Waals surface area contributed by atoms with Crippen molar-refractivity contribution in [1.29, 1.82) is 0 Å². The van der Waals surface area contributed by atoms with Crippen molar-refractivity contribution in [3.05, 3.63) is 89.1 Å². The van der Waals surface area contributed by atoms with Crippen molar-refractivity contribution in [2.75, 3.05) is 11.9 Å². The summed E-state index contributed by atoms with van der Waals surface area (Å²) in [4.78, 5) is 17.4. The molecule has 3 rings (SSSR count). The second kappa shape index (κ2) is 9.18. The first-order chi connectivity index (χ1) is 13.5. The molecule has 0 amide bonds. The van der Waals surface area contributed by atoms with E-state index in [2.05, 4.69) is 43.2 Å². The summed E-state index contributed by atoms with van der Waals surface area (Å²) in [6.45, 7) is 7.52. The van der Waals surface area contributed by atoms with Crippen LogP contribution in [0.5, 0.6) is 5.75 Å². The van der Waals surface area contributed by atoms with Crippen molar-refractivity contribution in [1.82, 2.24) is 4.98 Å². The molecule has 0 aliphatic heterocycles. The van der Waals surface area contributed by atoms with Gasteiger partial charge in [0.15, 0.2) is 5.78 Å². The van der Waals surface area contributed by atoms with Crippen LogP contribution in [0.4, 0.5) is 5.82 Å². The molecular formula is C24H26N2O2. The Kier molecular flexibility index (Phi) is 6.43. The summed E-state index contributed by atoms with van der Waals surface area (Å²) in [6.07, 6.45) is 1.69. The summed E-state index contributed by atoms with van der Waals surface area (Å²) >= 11 is 0. The molecule has 0 atom stereocenters. The Morgan fingerprint density at radius 3 is 2.61 bits per heavy atom. The number of pyridine rings is 1. The van der Waals surface area contributed by atoms with Crippen LogP contribution in [0.2, 0.25) is 0 Å². The Balaban J connectivity index is 1.74. The quantitative estimate of drug-likeness (QED) is 0.546. The van der Waals surface area contributed by atoms with Crippen LogP contribution < -0.4 is 10.1 Å². The van der Waals surface area contributed by atoms with E-state index in [0.717, 1.165) is 12.1 Å². The van der Waals surface area contributed by atoms with Gasteiger partial charge in [-0.1, -0.05) is 55.8 Å². The molecule has 0 saturated heterocycles. The van der Waals surface area contributed by atoms with Crippen LogP contribution in [0.1, 0.15) is 40.9 Å². The van der Waals surface area contributed by atoms with E-state index in [4.69, 9.17) is 4.74 Å². The summed E-state index contributed by atoms with van der Waals surface area (Å²) in [5.41, 5.74) is 3.46. The van der Waals surface area contributed by atoms with Gasteiger partial charge in [-0.15, -0.1) is 0 Å². The van der Waals surface area contributed by atoms with E-state index in [1.54, 1.807) is 30.5 Å². The van der Waals surface area contributed by atoms with Crippen LogP contribution in [-0.4, -0.2) is 17.3 Å². The van der Waals surface area contributed by atoms with Gasteiger partial charge in [0.25, 0.3) is 0 Å². The molecule has 3 aromatic rings. The molecule has 28 heavy (non-hydrogen) atoms. The van der Waals surface area contributed by atoms with Gasteiger partial charge in [0.1, 0.15) is 18.2 Å². The molecule has 0 aliphatic carbocycles. The molecule has 0 bridgehead atoms. The van der Waals surface area contributed by atoms with Crippen LogP contribution in [0.25, 0.3) is 0 Å². The van der Waals surface area contributed by atoms with Crippen molar-refractivity contribution in [2.45, 2.75) is 27.4 Å². The van der Waals surface area contributed by atoms with E-state index in [-0.39, 0.29) is 5.78 Å². The van der Waals surface area contributed by atoms with E-state index >= 15 is 0 Å². The van der Waals surface area contributed by atoms with Crippen LogP contribution in [0, 0.1) is 12.8 Å². The predicted molar refractivity (Wildman–Crippen MR) is 113 cm³/mol. The third-order valence-corrected chi connectivity index (χ3v) is 4.35. The average Bonchev–Trinajstić information content (AvgIpc) is 2.72. The first-order valence-corrected chi connectivity index (χ1v) is 9.55. The van der Waals surface area contributed by atoms with Gasteiger partial charge in [-0.2, -0.15) is 0 Å². The first-order valence-electron chi connectivity index (χ1n) is 9.55. The largest absolute Gasteiger partial charge is 0.489 e. The van der Waals surface area contributed by atoms with Crippen LogP contribution in [-0.2, 0) is 6.61 Å². The Labute approximate surface area is 166 Å². The minimum atomic E-state index is -0.0693. The number of rotatable bonds is 8. The number of nitrogens with zero attached hydrogens (tertiary/aromatic N) is 1. The molecular weight excluding hydrogens is 348 g/mol. The van der Waals surface area contributed by atoms with Crippen molar-refractivity contribution in [3.8, 4) is 5.75 Å². The van der Waals surface area contributed by atoms with Crippen LogP contribution in [0.3, 0.4) is 0 Å². The minimum absolute atomic E-state index is 0.0693. The number of hydrogen-bond donors (Lipinski definition) is 1. The van der Waals surface area contributed by atoms with Gasteiger partial charge in [-0.3, -0.25) is 4.79 Å². The topological polar surface area (TPSA) is 51.2 Å². The predicted octanol–water partition coefficient (Wildman–Crippen LogP) is 5.27. The fourth-order valence-electron chi connectivity index (χ4n) is 2.76. The van der Waals surface area contributed by atoms with Gasteiger partial charge < -0.3 is 10.1 Å². The summed E-state index contributed by atoms with van der Waals surface area (Å²) < 4.78 is 5.88. The highest BCUT2D eigenvalue weighted by Gasteiger charge is 2.15. The van der Waals surface area contributed by atoms with Gasteiger partial charge in [0.2, 0.25) is 0 Å². The number of benzene rings is 2. The number of carbonyl (C=O) groups excluding carboxylic acids is 1. The number of nitrogens with one attached hydrogen (secondary N) is 1. The lowest BCUT2D eigenvalue weighted by molar-refractivity contribution is 0.103. The number of ether oxygens (including phenoxy) is 1. The summed E-state index contributed by atoms with van der Waals surface area (Å²) in [5.74, 6) is 1.68. The Morgan fingerprint density at radius 2 is 1.86 bits per heavy atom. The van der Waals surface area contributed by atoms with Crippen molar-refractivity contribution in [2.24, 2.45) is 5.92 Å². The van der Waals surface area contributed by atoms with Crippen molar-refractivity contribution >= 4 is 11.6 Å². The third-order valence-electron chi connectivity index (χ3n) is 4.35. The number of aromatic nitrogens is 1. The SMILES string of the molecule is Cc1ccc(COc2cccc(C(=O)c3cccnc3NCC(C)C)c2)cc1. The van der Waals surface area contributed by atoms with Gasteiger partial charge in [-0.25, -0.2) is 4.98 Å². The Hall–Kier alpha value is -3.14. The zero-order valence-electron chi connectivity index (χ0n) is 16.6. The van der Waals surface area contributed by atoms with Gasteiger partial charge in [0.05, 0.1) is 5.56 Å². The third kappa shape index (κ3) is 5.19. The van der Waals surface area contributed by atoms with Crippen LogP contribution >= 0.6 is 0 Å². The van der Waals surface area contributed by atoms with E-state index in [0.29, 0.717) is 35.2 Å². The molecule has 0 fully saturated rings. The zero-order chi connectivity index (χ0) is 19.9. The lowest BCUT2D eigenvalue weighted by Crippen LogP contribution is -2.13. The smallest absolute Gasteiger partial charge is 0.196 e. The first kappa shape index (κ1) is 19.6. The Morgan fingerprint density at radius 1 is 1.07 bits per heavy atom. The number of aryl methyl sites for hydroxylation is 1. The van der Waals surface area contributed by atoms with E-state index < -0.39 is 0 Å². The molecule has 0 aliphatic rings. The molecule has 1 N–H and O–H groups in total. The number of hydrogen-bond acceptors (Lipinski definition) is 4. The molecule has 2 aromatic carbocycles. The fraction of sp³-hybridized carbons (Fsp3) is 0.250. The normalized spacial score (nSPS) is 10.7. The maximum atomic E-state index is 13.0. The molecule has 0 saturated carbocycles. The monoisotopic (exact) mass is 374 g/mol. The molecule has 1 heterocycles. The second-order valence-corrected chi connectivity index (χ2v) is 7.31. The molecule has 0 unspecified atom stereocenters. The lowest BCUT2D eigenvalue weighted by Gasteiger charge is -2.12. The summed E-state index contributed by atoms with van der Waals surface area (Å²) in [7, 11) is 0. The average molecular weight is 374 g/mol. The number of anilines is 1. The lowest BCUT2D eigenvalue weighted by atomic mass is 10.0. The van der Waals surface area contributed by atoms with Gasteiger partial charge in [0, 0.05) is 18.3 Å². The van der Waals surface area contributed by atoms with E-state index in [1.807, 2.05) is 24.3 Å². The number of ketones is 1. The highest BCUT2D eigenvalue weighted by molar-refractivity contribution is 6.12. The van der Waals surface area contributed by atoms with Crippen molar-refractivity contribution < 1.29 is 9.53 Å². The van der Waals surface area contributed by atoms with E-state index in [9.17, 15) is 4.79 Å². The second-order valence-electron chi connectivity index (χ2n) is 7.31. The maximum absolute atomic E-state index is 13.0. The summed E-state index contributed by atoms with van der Waals surface area (Å²) in [5, 5.41) is 3.27. The van der Waals surface area contributed by atoms with Crippen LogP contribution in [0.15, 0.2) is 66.9 Å². The van der Waals surface area contributed by atoms with Crippen molar-refractivity contribution in [3.63, 3.8) is 0 Å². The van der Waals surface area contributed by atoms with E-state index in [1.165, 1.54) is 5.56 Å². The van der Waals surface area contributed by atoms with Gasteiger partial charge in [-0.05, 0) is 42.7 Å². The Bertz CT molecular complexity index is 933. The fourth-order valence-corrected chi connectivity index (χ4v) is 2.76. The molecule has 1 aromatic heterocycles. The molecule has 4 heteroatoms. The summed E-state index contributed by atoms with van der Waals surface area (Å²) in [6, 6.07) is 19.1. The van der Waals surface area contributed by atoms with Gasteiger partial charge >= 0.3 is 0 Å². The molecule has 4 nitrogen and oxygen atoms in total. The minimum Gasteiger partial charge on any atom is -0.489 e.